The lowest BCUT2D eigenvalue weighted by molar-refractivity contribution is -0.140. The van der Waals surface area contributed by atoms with Crippen LogP contribution in [-0.4, -0.2) is 45.3 Å². The average Bonchev–Trinajstić information content (AvgIpc) is 3.41. The molecule has 3 aromatic rings. The summed E-state index contributed by atoms with van der Waals surface area (Å²) in [5, 5.41) is 21.3. The van der Waals surface area contributed by atoms with Crippen LogP contribution < -0.4 is 4.90 Å². The van der Waals surface area contributed by atoms with Gasteiger partial charge in [0, 0.05) is 18.0 Å². The average molecular weight is 617 g/mol. The van der Waals surface area contributed by atoms with Crippen molar-refractivity contribution in [2.45, 2.75) is 38.5 Å². The van der Waals surface area contributed by atoms with Crippen molar-refractivity contribution in [2.24, 2.45) is 29.1 Å². The predicted octanol–water partition coefficient (Wildman–Crippen LogP) is 5.30. The molecule has 234 valence electrons. The summed E-state index contributed by atoms with van der Waals surface area (Å²) in [6.45, 7) is 5.85. The summed E-state index contributed by atoms with van der Waals surface area (Å²) in [6, 6.07) is 21.0. The van der Waals surface area contributed by atoms with Gasteiger partial charge in [0.05, 0.1) is 28.9 Å². The van der Waals surface area contributed by atoms with E-state index in [0.717, 1.165) is 11.1 Å². The number of carbonyl (C=O) groups is 4. The van der Waals surface area contributed by atoms with Crippen molar-refractivity contribution in [1.82, 2.24) is 4.90 Å². The van der Waals surface area contributed by atoms with Gasteiger partial charge in [0.25, 0.3) is 0 Å². The summed E-state index contributed by atoms with van der Waals surface area (Å²) >= 11 is 0. The number of hydrogen-bond acceptors (Lipinski definition) is 6. The fourth-order valence-electron chi connectivity index (χ4n) is 8.54. The van der Waals surface area contributed by atoms with Gasteiger partial charge in [-0.25, -0.2) is 4.90 Å². The molecule has 46 heavy (non-hydrogen) atoms. The number of aromatic hydroxyl groups is 2. The second-order valence-electron chi connectivity index (χ2n) is 13.1. The molecular weight excluding hydrogens is 580 g/mol. The largest absolute Gasteiger partial charge is 0.508 e. The molecule has 0 spiro atoms. The fraction of sp³-hybridized carbons (Fsp3) is 0.316. The third kappa shape index (κ3) is 4.34. The van der Waals surface area contributed by atoms with Gasteiger partial charge in [-0.2, -0.15) is 0 Å². The molecule has 3 fully saturated rings. The minimum absolute atomic E-state index is 0.0545. The maximum Gasteiger partial charge on any atom is 0.241 e. The van der Waals surface area contributed by atoms with Crippen molar-refractivity contribution >= 4 is 29.3 Å². The highest BCUT2D eigenvalue weighted by molar-refractivity contribution is 6.24. The summed E-state index contributed by atoms with van der Waals surface area (Å²) in [4.78, 5) is 59.3. The second-order valence-corrected chi connectivity index (χ2v) is 13.1. The molecular formula is C38H36N2O6. The number of amides is 4. The Morgan fingerprint density at radius 1 is 0.891 bits per heavy atom. The Hall–Kier alpha value is -4.98. The summed E-state index contributed by atoms with van der Waals surface area (Å²) in [5.74, 6) is -4.04. The van der Waals surface area contributed by atoms with E-state index in [9.17, 15) is 29.4 Å². The summed E-state index contributed by atoms with van der Waals surface area (Å²) in [7, 11) is 0. The van der Waals surface area contributed by atoms with Crippen LogP contribution in [0, 0.1) is 29.1 Å². The van der Waals surface area contributed by atoms with E-state index in [-0.39, 0.29) is 48.1 Å². The third-order valence-corrected chi connectivity index (χ3v) is 10.8. The molecule has 6 atom stereocenters. The normalized spacial score (nSPS) is 28.5. The lowest BCUT2D eigenvalue weighted by Gasteiger charge is -2.49. The number of para-hydroxylation sites is 2. The van der Waals surface area contributed by atoms with Gasteiger partial charge in [-0.3, -0.25) is 24.1 Å². The molecule has 2 aliphatic heterocycles. The molecule has 0 radical (unpaired) electrons. The zero-order valence-electron chi connectivity index (χ0n) is 25.6. The minimum atomic E-state index is -1.23. The van der Waals surface area contributed by atoms with E-state index in [2.05, 4.69) is 6.58 Å². The Balaban J connectivity index is 1.31. The predicted molar refractivity (Wildman–Crippen MR) is 172 cm³/mol. The first-order chi connectivity index (χ1) is 22.2. The van der Waals surface area contributed by atoms with Crippen LogP contribution >= 0.6 is 0 Å². The van der Waals surface area contributed by atoms with Gasteiger partial charge in [-0.1, -0.05) is 66.3 Å². The molecule has 8 heteroatoms. The number of allylic oxidation sites excluding steroid dienone is 3. The van der Waals surface area contributed by atoms with Crippen molar-refractivity contribution in [3.63, 3.8) is 0 Å². The Morgan fingerprint density at radius 3 is 2.35 bits per heavy atom. The van der Waals surface area contributed by atoms with Crippen molar-refractivity contribution in [1.29, 1.82) is 0 Å². The topological polar surface area (TPSA) is 115 Å². The standard InChI is InChI=1S/C38H36N2O6/c1-3-8-23-9-7-12-28(33(23)42)32-26-17-18-27-31(36(45)39(34(27)43)20-19-22-13-15-25(41)16-14-22)29(26)21-30-35(44)40(37(46)38(30,32)2)24-10-5-4-6-11-24/h3-7,9-17,27,29-32,41-42H,1,8,18-21H2,2H3/t27-,29+,30-,31-,32+,38+/m0/s1. The molecule has 2 N–H and O–H groups in total. The first-order valence-electron chi connectivity index (χ1n) is 15.8. The quantitative estimate of drug-likeness (QED) is 0.275. The number of anilines is 1. The van der Waals surface area contributed by atoms with E-state index in [1.165, 1.54) is 9.80 Å². The van der Waals surface area contributed by atoms with Crippen LogP contribution in [0.4, 0.5) is 5.69 Å². The number of fused-ring (bicyclic) bond motifs is 4. The van der Waals surface area contributed by atoms with Crippen LogP contribution in [0.15, 0.2) is 97.1 Å². The fourth-order valence-corrected chi connectivity index (χ4v) is 8.54. The van der Waals surface area contributed by atoms with E-state index < -0.39 is 35.0 Å². The number of benzene rings is 3. The molecule has 1 saturated carbocycles. The number of phenols is 2. The molecule has 7 rings (SSSR count). The van der Waals surface area contributed by atoms with Crippen LogP contribution in [0.2, 0.25) is 0 Å². The highest BCUT2D eigenvalue weighted by Gasteiger charge is 2.67. The number of likely N-dealkylation sites (tertiary alicyclic amines) is 1. The van der Waals surface area contributed by atoms with Gasteiger partial charge in [0.15, 0.2) is 0 Å². The highest BCUT2D eigenvalue weighted by atomic mass is 16.3. The van der Waals surface area contributed by atoms with E-state index in [0.29, 0.717) is 36.1 Å². The summed E-state index contributed by atoms with van der Waals surface area (Å²) in [6.07, 6.45) is 5.17. The van der Waals surface area contributed by atoms with E-state index in [1.54, 1.807) is 60.7 Å². The lowest BCUT2D eigenvalue weighted by Crippen LogP contribution is -2.49. The number of nitrogens with zero attached hydrogens (tertiary/aromatic N) is 2. The van der Waals surface area contributed by atoms with Crippen molar-refractivity contribution in [2.75, 3.05) is 11.4 Å². The van der Waals surface area contributed by atoms with Crippen molar-refractivity contribution in [3.05, 3.63) is 114 Å². The van der Waals surface area contributed by atoms with Gasteiger partial charge in [0.1, 0.15) is 11.5 Å². The maximum absolute atomic E-state index is 14.5. The second kappa shape index (κ2) is 11.1. The van der Waals surface area contributed by atoms with Gasteiger partial charge in [0.2, 0.25) is 23.6 Å². The SMILES string of the molecule is C=CCc1cccc([C@H]2C3=CC[C@@H]4C(=O)N(CCc5ccc(O)cc5)C(=O)[C@@H]4[C@@H]3C[C@H]3C(=O)N(c4ccccc4)C(=O)[C@@]23C)c1O. The molecule has 3 aromatic carbocycles. The van der Waals surface area contributed by atoms with Crippen LogP contribution in [0.1, 0.15) is 42.4 Å². The number of carbonyl (C=O) groups excluding carboxylic acids is 4. The molecule has 8 nitrogen and oxygen atoms in total. The molecule has 2 saturated heterocycles. The summed E-state index contributed by atoms with van der Waals surface area (Å²) in [5.41, 5.74) is 2.19. The first-order valence-corrected chi connectivity index (χ1v) is 15.8. The number of imide groups is 2. The molecule has 4 amide bonds. The van der Waals surface area contributed by atoms with Gasteiger partial charge in [-0.05, 0) is 73.9 Å². The lowest BCUT2D eigenvalue weighted by atomic mass is 9.51. The molecule has 2 aliphatic carbocycles. The van der Waals surface area contributed by atoms with E-state index in [4.69, 9.17) is 0 Å². The Kier molecular flexibility index (Phi) is 7.18. The van der Waals surface area contributed by atoms with Gasteiger partial charge >= 0.3 is 0 Å². The smallest absolute Gasteiger partial charge is 0.241 e. The monoisotopic (exact) mass is 616 g/mol. The molecule has 0 unspecified atom stereocenters. The highest BCUT2D eigenvalue weighted by Crippen LogP contribution is 2.64. The minimum Gasteiger partial charge on any atom is -0.508 e. The van der Waals surface area contributed by atoms with Crippen molar-refractivity contribution < 1.29 is 29.4 Å². The third-order valence-electron chi connectivity index (χ3n) is 10.8. The maximum atomic E-state index is 14.5. The summed E-state index contributed by atoms with van der Waals surface area (Å²) < 4.78 is 0. The number of phenolic OH excluding ortho intramolecular Hbond substituents is 2. The first kappa shape index (κ1) is 29.7. The Bertz CT molecular complexity index is 1800. The van der Waals surface area contributed by atoms with Crippen molar-refractivity contribution in [3.8, 4) is 11.5 Å². The van der Waals surface area contributed by atoms with Crippen LogP contribution in [0.25, 0.3) is 0 Å². The molecule has 0 bridgehead atoms. The molecule has 2 heterocycles. The molecule has 0 aromatic heterocycles. The van der Waals surface area contributed by atoms with E-state index >= 15 is 0 Å². The van der Waals surface area contributed by atoms with Gasteiger partial charge in [-0.15, -0.1) is 6.58 Å². The molecule has 4 aliphatic rings. The van der Waals surface area contributed by atoms with E-state index in [1.807, 2.05) is 31.2 Å². The number of hydrogen-bond donors (Lipinski definition) is 2. The van der Waals surface area contributed by atoms with Gasteiger partial charge < -0.3 is 10.2 Å². The zero-order chi connectivity index (χ0) is 32.3. The van der Waals surface area contributed by atoms with Crippen LogP contribution in [0.5, 0.6) is 11.5 Å². The Labute approximate surface area is 267 Å². The number of rotatable bonds is 7. The zero-order valence-corrected chi connectivity index (χ0v) is 25.6. The Morgan fingerprint density at radius 2 is 1.63 bits per heavy atom. The van der Waals surface area contributed by atoms with Crippen LogP contribution in [-0.2, 0) is 32.0 Å². The van der Waals surface area contributed by atoms with Crippen LogP contribution in [0.3, 0.4) is 0 Å².